The van der Waals surface area contributed by atoms with Crippen molar-refractivity contribution < 1.29 is 17.7 Å². The highest BCUT2D eigenvalue weighted by Gasteiger charge is 2.37. The molecule has 0 saturated heterocycles. The van der Waals surface area contributed by atoms with Gasteiger partial charge >= 0.3 is 6.98 Å². The Bertz CT molecular complexity index is 499. The van der Waals surface area contributed by atoms with Gasteiger partial charge in [0.15, 0.2) is 0 Å². The van der Waals surface area contributed by atoms with Crippen LogP contribution in [0.3, 0.4) is 0 Å². The van der Waals surface area contributed by atoms with Crippen molar-refractivity contribution in [1.29, 1.82) is 0 Å². The van der Waals surface area contributed by atoms with E-state index in [1.807, 2.05) is 6.07 Å². The number of ether oxygens (including phenoxy) is 1. The number of halogens is 3. The number of hydrogen-bond acceptors (Lipinski definition) is 1. The number of hydrogen-bond donors (Lipinski definition) is 0. The summed E-state index contributed by atoms with van der Waals surface area (Å²) in [6.45, 7) is -5.14. The first-order valence-electron chi connectivity index (χ1n) is 5.98. The average molecular weight is 265 g/mol. The highest BCUT2D eigenvalue weighted by atomic mass is 19.4. The predicted molar refractivity (Wildman–Crippen MR) is 69.5 cm³/mol. The van der Waals surface area contributed by atoms with Crippen LogP contribution in [-0.2, 0) is 11.3 Å². The fraction of sp³-hybridized carbons (Fsp3) is 0.143. The molecule has 2 aromatic carbocycles. The molecule has 1 atom stereocenters. The van der Waals surface area contributed by atoms with Crippen LogP contribution in [0.2, 0.25) is 0 Å². The molecule has 0 aliphatic carbocycles. The molecule has 0 fully saturated rings. The largest absolute Gasteiger partial charge is 0.511 e. The zero-order chi connectivity index (χ0) is 13.7. The van der Waals surface area contributed by atoms with Gasteiger partial charge in [-0.1, -0.05) is 60.7 Å². The molecule has 0 aliphatic rings. The van der Waals surface area contributed by atoms with Crippen molar-refractivity contribution in [2.75, 3.05) is 0 Å². The smallest absolute Gasteiger partial charge is 0.447 e. The molecule has 1 unspecified atom stereocenters. The molecule has 0 N–H and O–H groups in total. The Balaban J connectivity index is 2.12. The van der Waals surface area contributed by atoms with Crippen molar-refractivity contribution in [3.63, 3.8) is 0 Å². The number of rotatable bonds is 5. The fourth-order valence-corrected chi connectivity index (χ4v) is 1.83. The third-order valence-electron chi connectivity index (χ3n) is 2.74. The Hall–Kier alpha value is -1.75. The lowest BCUT2D eigenvalue weighted by molar-refractivity contribution is 0.0627. The minimum atomic E-state index is -5.09. The van der Waals surface area contributed by atoms with Crippen LogP contribution in [0.1, 0.15) is 17.1 Å². The Morgan fingerprint density at radius 3 is 1.89 bits per heavy atom. The van der Waals surface area contributed by atoms with Crippen molar-refractivity contribution in [1.82, 2.24) is 0 Å². The Morgan fingerprint density at radius 2 is 1.37 bits per heavy atom. The average Bonchev–Trinajstić information content (AvgIpc) is 2.40. The Morgan fingerprint density at radius 1 is 0.842 bits per heavy atom. The van der Waals surface area contributed by atoms with E-state index in [2.05, 4.69) is 0 Å². The van der Waals surface area contributed by atoms with E-state index in [1.165, 1.54) is 12.1 Å². The van der Waals surface area contributed by atoms with E-state index < -0.39 is 13.0 Å². The van der Waals surface area contributed by atoms with Gasteiger partial charge in [-0.2, -0.15) is 0 Å². The minimum Gasteiger partial charge on any atom is -0.447 e. The van der Waals surface area contributed by atoms with Crippen LogP contribution >= 0.6 is 0 Å². The van der Waals surface area contributed by atoms with Crippen LogP contribution in [0.4, 0.5) is 12.9 Å². The summed E-state index contributed by atoms with van der Waals surface area (Å²) in [5.74, 6) is 0. The predicted octanol–water partition coefficient (Wildman–Crippen LogP) is 4.33. The highest BCUT2D eigenvalue weighted by Crippen LogP contribution is 2.32. The first kappa shape index (κ1) is 13.7. The molecule has 0 aromatic heterocycles. The van der Waals surface area contributed by atoms with E-state index in [9.17, 15) is 12.9 Å². The summed E-state index contributed by atoms with van der Waals surface area (Å²) >= 11 is 0. The molecule has 0 radical (unpaired) electrons. The molecule has 5 heteroatoms. The summed E-state index contributed by atoms with van der Waals surface area (Å²) in [7, 11) is 0. The summed E-state index contributed by atoms with van der Waals surface area (Å²) in [6.07, 6.45) is 0. The summed E-state index contributed by atoms with van der Waals surface area (Å²) in [6, 6.07) is 14.7. The first-order valence-corrected chi connectivity index (χ1v) is 5.98. The van der Waals surface area contributed by atoms with Gasteiger partial charge in [-0.3, -0.25) is 0 Å². The molecule has 0 spiro atoms. The van der Waals surface area contributed by atoms with Gasteiger partial charge in [0.05, 0.1) is 12.6 Å². The molecule has 0 aliphatic heterocycles. The second-order valence-corrected chi connectivity index (χ2v) is 4.25. The normalized spacial score (nSPS) is 13.2. The van der Waals surface area contributed by atoms with Gasteiger partial charge in [0, 0.05) is 0 Å². The van der Waals surface area contributed by atoms with Crippen molar-refractivity contribution in [3.8, 4) is 0 Å². The zero-order valence-electron chi connectivity index (χ0n) is 10.2. The van der Waals surface area contributed by atoms with Crippen LogP contribution in [0.15, 0.2) is 60.7 Å². The molecule has 0 amide bonds. The lowest BCUT2D eigenvalue weighted by Gasteiger charge is -2.27. The molecule has 0 bridgehead atoms. The maximum atomic E-state index is 13.0. The van der Waals surface area contributed by atoms with Crippen molar-refractivity contribution in [2.45, 2.75) is 12.6 Å². The van der Waals surface area contributed by atoms with Crippen molar-refractivity contribution in [2.24, 2.45) is 0 Å². The van der Waals surface area contributed by atoms with Gasteiger partial charge in [0.2, 0.25) is 0 Å². The van der Waals surface area contributed by atoms with E-state index in [1.54, 1.807) is 42.5 Å². The summed E-state index contributed by atoms with van der Waals surface area (Å²) in [5, 5.41) is 0. The van der Waals surface area contributed by atoms with Gasteiger partial charge in [-0.15, -0.1) is 0 Å². The quantitative estimate of drug-likeness (QED) is 0.731. The third-order valence-corrected chi connectivity index (χ3v) is 2.74. The molecule has 0 saturated carbocycles. The SMILES string of the molecule is F[B-](F)(F)C(OCc1ccccc1)c1ccccc1. The molecule has 0 heterocycles. The van der Waals surface area contributed by atoms with Crippen LogP contribution in [0.25, 0.3) is 0 Å². The van der Waals surface area contributed by atoms with Gasteiger partial charge in [-0.25, -0.2) is 0 Å². The Kier molecular flexibility index (Phi) is 4.27. The molecule has 19 heavy (non-hydrogen) atoms. The summed E-state index contributed by atoms with van der Waals surface area (Å²) in [5.41, 5.74) is 0.870. The van der Waals surface area contributed by atoms with Gasteiger partial charge in [0.1, 0.15) is 0 Å². The van der Waals surface area contributed by atoms with E-state index in [-0.39, 0.29) is 12.2 Å². The Labute approximate surface area is 110 Å². The van der Waals surface area contributed by atoms with Crippen LogP contribution in [0.5, 0.6) is 0 Å². The second-order valence-electron chi connectivity index (χ2n) is 4.25. The van der Waals surface area contributed by atoms with Crippen LogP contribution < -0.4 is 0 Å². The molecular formula is C14H13BF3O-. The zero-order valence-corrected chi connectivity index (χ0v) is 10.2. The first-order chi connectivity index (χ1) is 9.07. The third kappa shape index (κ3) is 3.86. The van der Waals surface area contributed by atoms with Crippen molar-refractivity contribution in [3.05, 3.63) is 71.8 Å². The monoisotopic (exact) mass is 265 g/mol. The summed E-state index contributed by atoms with van der Waals surface area (Å²) in [4.78, 5) is 0. The van der Waals surface area contributed by atoms with Crippen LogP contribution in [0, 0.1) is 0 Å². The highest BCUT2D eigenvalue weighted by molar-refractivity contribution is 6.59. The van der Waals surface area contributed by atoms with E-state index >= 15 is 0 Å². The molecule has 100 valence electrons. The number of benzene rings is 2. The van der Waals surface area contributed by atoms with E-state index in [0.29, 0.717) is 0 Å². The topological polar surface area (TPSA) is 9.23 Å². The van der Waals surface area contributed by atoms with Crippen LogP contribution in [-0.4, -0.2) is 6.98 Å². The molecular weight excluding hydrogens is 252 g/mol. The van der Waals surface area contributed by atoms with E-state index in [0.717, 1.165) is 5.56 Å². The van der Waals surface area contributed by atoms with Gasteiger partial charge in [0.25, 0.3) is 0 Å². The lowest BCUT2D eigenvalue weighted by atomic mass is 9.77. The molecule has 1 nitrogen and oxygen atoms in total. The summed E-state index contributed by atoms with van der Waals surface area (Å²) < 4.78 is 44.2. The second kappa shape index (κ2) is 5.93. The maximum Gasteiger partial charge on any atom is 0.511 e. The van der Waals surface area contributed by atoms with Gasteiger partial charge < -0.3 is 17.7 Å². The standard InChI is InChI=1S/C14H13BF3O/c16-15(17,18)14(13-9-5-2-6-10-13)19-11-12-7-3-1-4-8-12/h1-10,14H,11H2/q-1. The molecule has 2 aromatic rings. The molecule has 2 rings (SSSR count). The maximum absolute atomic E-state index is 13.0. The van der Waals surface area contributed by atoms with Gasteiger partial charge in [-0.05, 0) is 11.1 Å². The van der Waals surface area contributed by atoms with Crippen molar-refractivity contribution >= 4 is 6.98 Å². The minimum absolute atomic E-state index is 0.0539. The van der Waals surface area contributed by atoms with E-state index in [4.69, 9.17) is 4.74 Å². The fourth-order valence-electron chi connectivity index (χ4n) is 1.83. The lowest BCUT2D eigenvalue weighted by Crippen LogP contribution is -2.29.